The maximum absolute atomic E-state index is 12.0. The molecule has 0 aliphatic carbocycles. The lowest BCUT2D eigenvalue weighted by Crippen LogP contribution is -2.40. The van der Waals surface area contributed by atoms with Crippen molar-refractivity contribution < 1.29 is 9.59 Å². The van der Waals surface area contributed by atoms with Gasteiger partial charge in [0.05, 0.1) is 5.92 Å². The lowest BCUT2D eigenvalue weighted by molar-refractivity contribution is -0.123. The summed E-state index contributed by atoms with van der Waals surface area (Å²) in [5.74, 6) is -0.464. The normalized spacial score (nSPS) is 19.0. The number of anilines is 1. The zero-order valence-electron chi connectivity index (χ0n) is 14.1. The molecule has 5 nitrogen and oxygen atoms in total. The van der Waals surface area contributed by atoms with E-state index in [1.165, 1.54) is 6.08 Å². The number of allylic oxidation sites excluding steroid dienone is 3. The van der Waals surface area contributed by atoms with Crippen LogP contribution < -0.4 is 11.1 Å². The molecule has 128 valence electrons. The van der Waals surface area contributed by atoms with Crippen molar-refractivity contribution in [3.05, 3.63) is 54.1 Å². The fraction of sp³-hybridized carbons (Fsp3) is 0.368. The van der Waals surface area contributed by atoms with Gasteiger partial charge in [-0.15, -0.1) is 0 Å². The van der Waals surface area contributed by atoms with E-state index in [0.717, 1.165) is 30.6 Å². The zero-order chi connectivity index (χ0) is 17.4. The molecule has 1 aromatic rings. The van der Waals surface area contributed by atoms with Gasteiger partial charge in [-0.2, -0.15) is 0 Å². The Morgan fingerprint density at radius 2 is 2.12 bits per heavy atom. The molecule has 1 aliphatic heterocycles. The standard InChI is InChI=1S/C19H25N3O2/c1-2-3-4-11-18(23)21-17-10-6-5-8-15(17)13-22-12-7-9-16(14-22)19(20)24/h2-6,8,10-11,16H,7,9,12-14H2,1H3,(H2,20,24)(H,21,23). The second-order valence-electron chi connectivity index (χ2n) is 6.01. The predicted molar refractivity (Wildman–Crippen MR) is 96.2 cm³/mol. The monoisotopic (exact) mass is 327 g/mol. The molecule has 0 aromatic heterocycles. The van der Waals surface area contributed by atoms with Gasteiger partial charge >= 0.3 is 0 Å². The smallest absolute Gasteiger partial charge is 0.248 e. The van der Waals surface area contributed by atoms with Gasteiger partial charge in [0.25, 0.3) is 0 Å². The summed E-state index contributed by atoms with van der Waals surface area (Å²) < 4.78 is 0. The molecular formula is C19H25N3O2. The van der Waals surface area contributed by atoms with Gasteiger partial charge in [-0.3, -0.25) is 14.5 Å². The average molecular weight is 327 g/mol. The van der Waals surface area contributed by atoms with E-state index in [4.69, 9.17) is 5.73 Å². The van der Waals surface area contributed by atoms with Gasteiger partial charge < -0.3 is 11.1 Å². The molecule has 0 bridgehead atoms. The molecular weight excluding hydrogens is 302 g/mol. The third-order valence-corrected chi connectivity index (χ3v) is 4.13. The third kappa shape index (κ3) is 5.35. The molecule has 1 saturated heterocycles. The fourth-order valence-electron chi connectivity index (χ4n) is 2.88. The van der Waals surface area contributed by atoms with Gasteiger partial charge in [-0.25, -0.2) is 0 Å². The number of hydrogen-bond acceptors (Lipinski definition) is 3. The maximum Gasteiger partial charge on any atom is 0.248 e. The molecule has 5 heteroatoms. The van der Waals surface area contributed by atoms with Crippen molar-refractivity contribution in [2.75, 3.05) is 18.4 Å². The lowest BCUT2D eigenvalue weighted by Gasteiger charge is -2.31. The highest BCUT2D eigenvalue weighted by Crippen LogP contribution is 2.22. The minimum absolute atomic E-state index is 0.0794. The zero-order valence-corrected chi connectivity index (χ0v) is 14.1. The van der Waals surface area contributed by atoms with Gasteiger partial charge in [0.1, 0.15) is 0 Å². The third-order valence-electron chi connectivity index (χ3n) is 4.13. The predicted octanol–water partition coefficient (Wildman–Crippen LogP) is 2.45. The molecule has 2 amide bonds. The number of piperidine rings is 1. The number of likely N-dealkylation sites (tertiary alicyclic amines) is 1. The number of amides is 2. The number of primary amides is 1. The van der Waals surface area contributed by atoms with Crippen LogP contribution in [0.5, 0.6) is 0 Å². The van der Waals surface area contributed by atoms with Gasteiger partial charge in [-0.1, -0.05) is 36.4 Å². The Balaban J connectivity index is 2.03. The van der Waals surface area contributed by atoms with Gasteiger partial charge in [0.15, 0.2) is 0 Å². The quantitative estimate of drug-likeness (QED) is 0.622. The number of nitrogens with two attached hydrogens (primary N) is 1. The molecule has 1 aliphatic rings. The van der Waals surface area contributed by atoms with Crippen LogP contribution in [0.1, 0.15) is 25.3 Å². The van der Waals surface area contributed by atoms with Crippen molar-refractivity contribution in [2.45, 2.75) is 26.3 Å². The summed E-state index contributed by atoms with van der Waals surface area (Å²) in [5.41, 5.74) is 7.28. The van der Waals surface area contributed by atoms with E-state index in [9.17, 15) is 9.59 Å². The van der Waals surface area contributed by atoms with E-state index in [1.54, 1.807) is 6.08 Å². The summed E-state index contributed by atoms with van der Waals surface area (Å²) in [4.78, 5) is 25.6. The molecule has 1 heterocycles. The maximum atomic E-state index is 12.0. The number of rotatable bonds is 6. The molecule has 1 fully saturated rings. The van der Waals surface area contributed by atoms with Gasteiger partial charge in [0.2, 0.25) is 11.8 Å². The molecule has 0 spiro atoms. The van der Waals surface area contributed by atoms with Crippen molar-refractivity contribution >= 4 is 17.5 Å². The van der Waals surface area contributed by atoms with Crippen LogP contribution in [0, 0.1) is 5.92 Å². The Morgan fingerprint density at radius 1 is 1.33 bits per heavy atom. The van der Waals surface area contributed by atoms with E-state index in [-0.39, 0.29) is 17.7 Å². The highest BCUT2D eigenvalue weighted by molar-refractivity contribution is 5.99. The Morgan fingerprint density at radius 3 is 2.88 bits per heavy atom. The SMILES string of the molecule is CC=CC=CC(=O)Nc1ccccc1CN1CCCC(C(N)=O)C1. The first-order valence-electron chi connectivity index (χ1n) is 8.30. The molecule has 1 atom stereocenters. The van der Waals surface area contributed by atoms with E-state index >= 15 is 0 Å². The number of para-hydroxylation sites is 1. The van der Waals surface area contributed by atoms with Crippen molar-refractivity contribution in [2.24, 2.45) is 11.7 Å². The van der Waals surface area contributed by atoms with Crippen molar-refractivity contribution in [1.82, 2.24) is 4.90 Å². The number of benzene rings is 1. The van der Waals surface area contributed by atoms with Gasteiger partial charge in [0, 0.05) is 24.9 Å². The van der Waals surface area contributed by atoms with Crippen LogP contribution in [0.25, 0.3) is 0 Å². The molecule has 3 N–H and O–H groups in total. The number of hydrogen-bond donors (Lipinski definition) is 2. The Kier molecular flexibility index (Phi) is 6.75. The molecule has 1 unspecified atom stereocenters. The van der Waals surface area contributed by atoms with Crippen LogP contribution in [0.15, 0.2) is 48.6 Å². The summed E-state index contributed by atoms with van der Waals surface area (Å²) >= 11 is 0. The van der Waals surface area contributed by atoms with E-state index in [2.05, 4.69) is 10.2 Å². The number of nitrogens with zero attached hydrogens (tertiary/aromatic N) is 1. The Hall–Kier alpha value is -2.40. The Labute approximate surface area is 143 Å². The van der Waals surface area contributed by atoms with E-state index < -0.39 is 0 Å². The lowest BCUT2D eigenvalue weighted by atomic mass is 9.97. The molecule has 1 aromatic carbocycles. The largest absolute Gasteiger partial charge is 0.369 e. The minimum atomic E-state index is -0.226. The summed E-state index contributed by atoms with van der Waals surface area (Å²) in [6.45, 7) is 4.21. The van der Waals surface area contributed by atoms with E-state index in [0.29, 0.717) is 13.1 Å². The molecule has 0 saturated carbocycles. The summed E-state index contributed by atoms with van der Waals surface area (Å²) in [6.07, 6.45) is 8.71. The number of nitrogens with one attached hydrogen (secondary N) is 1. The number of carbonyl (C=O) groups is 2. The van der Waals surface area contributed by atoms with Gasteiger partial charge in [-0.05, 0) is 37.9 Å². The van der Waals surface area contributed by atoms with Crippen LogP contribution in [0.2, 0.25) is 0 Å². The summed E-state index contributed by atoms with van der Waals surface area (Å²) in [5, 5.41) is 2.92. The van der Waals surface area contributed by atoms with Crippen LogP contribution >= 0.6 is 0 Å². The first-order valence-corrected chi connectivity index (χ1v) is 8.30. The van der Waals surface area contributed by atoms with Crippen LogP contribution in [-0.4, -0.2) is 29.8 Å². The molecule has 2 rings (SSSR count). The minimum Gasteiger partial charge on any atom is -0.369 e. The first-order chi connectivity index (χ1) is 11.6. The van der Waals surface area contributed by atoms with Crippen molar-refractivity contribution in [1.29, 1.82) is 0 Å². The second kappa shape index (κ2) is 9.03. The van der Waals surface area contributed by atoms with Crippen molar-refractivity contribution in [3.63, 3.8) is 0 Å². The highest BCUT2D eigenvalue weighted by atomic mass is 16.1. The highest BCUT2D eigenvalue weighted by Gasteiger charge is 2.24. The Bertz CT molecular complexity index is 637. The average Bonchev–Trinajstić information content (AvgIpc) is 2.57. The van der Waals surface area contributed by atoms with E-state index in [1.807, 2.05) is 43.3 Å². The van der Waals surface area contributed by atoms with Crippen molar-refractivity contribution in [3.8, 4) is 0 Å². The van der Waals surface area contributed by atoms with Crippen LogP contribution in [0.4, 0.5) is 5.69 Å². The fourth-order valence-corrected chi connectivity index (χ4v) is 2.88. The molecule has 24 heavy (non-hydrogen) atoms. The molecule has 0 radical (unpaired) electrons. The first kappa shape index (κ1) is 17.9. The van der Waals surface area contributed by atoms with Crippen LogP contribution in [-0.2, 0) is 16.1 Å². The summed E-state index contributed by atoms with van der Waals surface area (Å²) in [7, 11) is 0. The topological polar surface area (TPSA) is 75.4 Å². The number of carbonyl (C=O) groups excluding carboxylic acids is 2. The summed E-state index contributed by atoms with van der Waals surface area (Å²) in [6, 6.07) is 7.75. The van der Waals surface area contributed by atoms with Crippen LogP contribution in [0.3, 0.4) is 0 Å². The second-order valence-corrected chi connectivity index (χ2v) is 6.01.